The summed E-state index contributed by atoms with van der Waals surface area (Å²) in [7, 11) is 0. The summed E-state index contributed by atoms with van der Waals surface area (Å²) in [6, 6.07) is 13.0. The third kappa shape index (κ3) is 4.69. The average Bonchev–Trinajstić information content (AvgIpc) is 2.97. The number of thiophene rings is 1. The Labute approximate surface area is 119 Å². The van der Waals surface area contributed by atoms with E-state index in [-0.39, 0.29) is 0 Å². The minimum Gasteiger partial charge on any atom is -0.488 e. The summed E-state index contributed by atoms with van der Waals surface area (Å²) in [5.41, 5.74) is 1.30. The van der Waals surface area contributed by atoms with Gasteiger partial charge in [-0.2, -0.15) is 0 Å². The van der Waals surface area contributed by atoms with E-state index in [1.165, 1.54) is 10.4 Å². The van der Waals surface area contributed by atoms with E-state index >= 15 is 0 Å². The van der Waals surface area contributed by atoms with Crippen LogP contribution < -0.4 is 10.1 Å². The lowest BCUT2D eigenvalue weighted by atomic mass is 10.2. The van der Waals surface area contributed by atoms with Crippen molar-refractivity contribution in [2.75, 3.05) is 0 Å². The van der Waals surface area contributed by atoms with E-state index in [2.05, 4.69) is 42.7 Å². The highest BCUT2D eigenvalue weighted by atomic mass is 32.1. The van der Waals surface area contributed by atoms with Crippen molar-refractivity contribution >= 4 is 11.3 Å². The quantitative estimate of drug-likeness (QED) is 0.817. The Balaban J connectivity index is 1.81. The van der Waals surface area contributed by atoms with Crippen molar-refractivity contribution in [3.63, 3.8) is 0 Å². The summed E-state index contributed by atoms with van der Waals surface area (Å²) in [4.78, 5) is 1.25. The normalized spacial score (nSPS) is 12.3. The van der Waals surface area contributed by atoms with Crippen molar-refractivity contribution in [3.05, 3.63) is 52.2 Å². The van der Waals surface area contributed by atoms with Crippen LogP contribution in [0.2, 0.25) is 0 Å². The van der Waals surface area contributed by atoms with Gasteiger partial charge in [0, 0.05) is 17.5 Å². The number of rotatable bonds is 7. The zero-order valence-electron chi connectivity index (χ0n) is 11.6. The number of nitrogens with one attached hydrogen (secondary N) is 1. The minimum atomic E-state index is 0.565. The van der Waals surface area contributed by atoms with Crippen LogP contribution in [0.15, 0.2) is 41.8 Å². The molecule has 0 fully saturated rings. The first-order valence-electron chi connectivity index (χ1n) is 6.75. The lowest BCUT2D eigenvalue weighted by molar-refractivity contribution is 0.309. The molecule has 102 valence electrons. The van der Waals surface area contributed by atoms with Gasteiger partial charge in [0.2, 0.25) is 0 Å². The molecule has 1 heterocycles. The van der Waals surface area contributed by atoms with Crippen LogP contribution in [0.25, 0.3) is 0 Å². The Morgan fingerprint density at radius 1 is 1.21 bits per heavy atom. The average molecular weight is 275 g/mol. The zero-order chi connectivity index (χ0) is 13.5. The Bertz CT molecular complexity index is 464. The highest BCUT2D eigenvalue weighted by Gasteiger charge is 2.00. The number of ether oxygens (including phenoxy) is 1. The highest BCUT2D eigenvalue weighted by Crippen LogP contribution is 2.16. The summed E-state index contributed by atoms with van der Waals surface area (Å²) in [5, 5.41) is 5.56. The topological polar surface area (TPSA) is 21.3 Å². The summed E-state index contributed by atoms with van der Waals surface area (Å²) < 4.78 is 5.74. The second kappa shape index (κ2) is 7.31. The molecule has 0 spiro atoms. The fraction of sp³-hybridized carbons (Fsp3) is 0.375. The van der Waals surface area contributed by atoms with Crippen molar-refractivity contribution in [1.82, 2.24) is 5.32 Å². The Kier molecular flexibility index (Phi) is 5.43. The second-order valence-electron chi connectivity index (χ2n) is 4.70. The van der Waals surface area contributed by atoms with Gasteiger partial charge >= 0.3 is 0 Å². The summed E-state index contributed by atoms with van der Waals surface area (Å²) in [5.74, 6) is 0.931. The van der Waals surface area contributed by atoms with Crippen molar-refractivity contribution in [3.8, 4) is 5.75 Å². The highest BCUT2D eigenvalue weighted by molar-refractivity contribution is 7.09. The van der Waals surface area contributed by atoms with Crippen molar-refractivity contribution in [2.45, 2.75) is 39.5 Å². The molecule has 2 nitrogen and oxygen atoms in total. The van der Waals surface area contributed by atoms with Gasteiger partial charge in [0.05, 0.1) is 0 Å². The van der Waals surface area contributed by atoms with E-state index in [4.69, 9.17) is 4.74 Å². The molecule has 0 radical (unpaired) electrons. The predicted octanol–water partition coefficient (Wildman–Crippen LogP) is 4.22. The van der Waals surface area contributed by atoms with Gasteiger partial charge in [-0.05, 0) is 42.5 Å². The molecule has 0 saturated carbocycles. The molecule has 1 N–H and O–H groups in total. The van der Waals surface area contributed by atoms with Gasteiger partial charge in [-0.25, -0.2) is 0 Å². The Morgan fingerprint density at radius 3 is 2.63 bits per heavy atom. The van der Waals surface area contributed by atoms with Gasteiger partial charge in [-0.3, -0.25) is 0 Å². The van der Waals surface area contributed by atoms with E-state index < -0.39 is 0 Å². The van der Waals surface area contributed by atoms with Gasteiger partial charge < -0.3 is 10.1 Å². The molecule has 19 heavy (non-hydrogen) atoms. The van der Waals surface area contributed by atoms with Crippen LogP contribution in [-0.4, -0.2) is 6.04 Å². The Hall–Kier alpha value is -1.32. The largest absolute Gasteiger partial charge is 0.488 e. The maximum atomic E-state index is 5.74. The van der Waals surface area contributed by atoms with Crippen molar-refractivity contribution < 1.29 is 4.74 Å². The molecular formula is C16H21NOS. The molecular weight excluding hydrogens is 254 g/mol. The molecule has 2 aromatic rings. The third-order valence-corrected chi connectivity index (χ3v) is 4.00. The van der Waals surface area contributed by atoms with Crippen LogP contribution in [0.5, 0.6) is 5.75 Å². The molecule has 0 amide bonds. The molecule has 0 aliphatic heterocycles. The first-order chi connectivity index (χ1) is 9.28. The fourth-order valence-electron chi connectivity index (χ4n) is 1.69. The van der Waals surface area contributed by atoms with Gasteiger partial charge in [-0.15, -0.1) is 11.3 Å². The number of hydrogen-bond donors (Lipinski definition) is 1. The van der Waals surface area contributed by atoms with Crippen LogP contribution in [0, 0.1) is 0 Å². The van der Waals surface area contributed by atoms with E-state index in [0.717, 1.165) is 18.7 Å². The maximum absolute atomic E-state index is 5.74. The van der Waals surface area contributed by atoms with Crippen LogP contribution in [0.1, 0.15) is 30.7 Å². The first-order valence-corrected chi connectivity index (χ1v) is 7.63. The van der Waals surface area contributed by atoms with Crippen LogP contribution in [0.4, 0.5) is 0 Å². The lowest BCUT2D eigenvalue weighted by Gasteiger charge is -2.11. The Morgan fingerprint density at radius 2 is 2.00 bits per heavy atom. The molecule has 1 atom stereocenters. The minimum absolute atomic E-state index is 0.565. The van der Waals surface area contributed by atoms with Crippen molar-refractivity contribution in [2.24, 2.45) is 0 Å². The van der Waals surface area contributed by atoms with Crippen molar-refractivity contribution in [1.29, 1.82) is 0 Å². The smallest absolute Gasteiger partial charge is 0.122 e. The second-order valence-corrected chi connectivity index (χ2v) is 5.73. The van der Waals surface area contributed by atoms with Crippen LogP contribution in [0.3, 0.4) is 0 Å². The van der Waals surface area contributed by atoms with E-state index in [1.807, 2.05) is 18.2 Å². The van der Waals surface area contributed by atoms with Crippen LogP contribution >= 0.6 is 11.3 Å². The van der Waals surface area contributed by atoms with Gasteiger partial charge in [-0.1, -0.05) is 25.1 Å². The molecule has 1 unspecified atom stereocenters. The van der Waals surface area contributed by atoms with E-state index in [9.17, 15) is 0 Å². The number of benzene rings is 1. The molecule has 1 aromatic heterocycles. The molecule has 0 saturated heterocycles. The van der Waals surface area contributed by atoms with Gasteiger partial charge in [0.1, 0.15) is 12.4 Å². The first kappa shape index (κ1) is 14.1. The number of hydrogen-bond acceptors (Lipinski definition) is 3. The molecule has 2 rings (SSSR count). The maximum Gasteiger partial charge on any atom is 0.122 e. The molecule has 0 bridgehead atoms. The monoisotopic (exact) mass is 275 g/mol. The summed E-state index contributed by atoms with van der Waals surface area (Å²) >= 11 is 1.72. The summed E-state index contributed by atoms with van der Waals surface area (Å²) in [6.45, 7) is 5.97. The third-order valence-electron chi connectivity index (χ3n) is 3.15. The standard InChI is InChI=1S/C16H21NOS/c1-3-13(2)17-11-14-6-8-15(9-7-14)18-12-16-5-4-10-19-16/h4-10,13,17H,3,11-12H2,1-2H3. The van der Waals surface area contributed by atoms with E-state index in [0.29, 0.717) is 12.6 Å². The SMILES string of the molecule is CCC(C)NCc1ccc(OCc2cccs2)cc1. The zero-order valence-corrected chi connectivity index (χ0v) is 12.4. The fourth-order valence-corrected chi connectivity index (χ4v) is 2.31. The molecule has 1 aromatic carbocycles. The molecule has 0 aliphatic rings. The molecule has 0 aliphatic carbocycles. The van der Waals surface area contributed by atoms with Gasteiger partial charge in [0.25, 0.3) is 0 Å². The van der Waals surface area contributed by atoms with Gasteiger partial charge in [0.15, 0.2) is 0 Å². The van der Waals surface area contributed by atoms with Crippen LogP contribution in [-0.2, 0) is 13.2 Å². The predicted molar refractivity (Wildman–Crippen MR) is 81.7 cm³/mol. The molecule has 3 heteroatoms. The summed E-state index contributed by atoms with van der Waals surface area (Å²) in [6.07, 6.45) is 1.15. The van der Waals surface area contributed by atoms with E-state index in [1.54, 1.807) is 11.3 Å². The lowest BCUT2D eigenvalue weighted by Crippen LogP contribution is -2.24.